The van der Waals surface area contributed by atoms with Crippen molar-refractivity contribution in [1.29, 1.82) is 0 Å². The average Bonchev–Trinajstić information content (AvgIpc) is 3.08. The Labute approximate surface area is 171 Å². The lowest BCUT2D eigenvalue weighted by Gasteiger charge is -2.27. The third kappa shape index (κ3) is 5.84. The van der Waals surface area contributed by atoms with Crippen molar-refractivity contribution < 1.29 is 4.79 Å². The number of hydrogen-bond donors (Lipinski definition) is 2. The molecule has 1 aliphatic heterocycles. The molecule has 0 atom stereocenters. The Morgan fingerprint density at radius 1 is 1.36 bits per heavy atom. The molecule has 3 rings (SSSR count). The quantitative estimate of drug-likeness (QED) is 0.399. The number of amides is 1. The molecule has 0 spiro atoms. The minimum absolute atomic E-state index is 0. The highest BCUT2D eigenvalue weighted by atomic mass is 127. The lowest BCUT2D eigenvalue weighted by molar-refractivity contribution is -0.130. The minimum Gasteiger partial charge on any atom is -0.357 e. The van der Waals surface area contributed by atoms with E-state index in [-0.39, 0.29) is 36.4 Å². The number of nitrogens with one attached hydrogen (secondary N) is 2. The number of carbonyl (C=O) groups excluding carboxylic acids is 1. The Balaban J connectivity index is 0.00000225. The summed E-state index contributed by atoms with van der Waals surface area (Å²) in [5.74, 6) is 0.902. The van der Waals surface area contributed by atoms with Crippen molar-refractivity contribution in [2.24, 2.45) is 4.99 Å². The van der Waals surface area contributed by atoms with Crippen LogP contribution in [0.5, 0.6) is 0 Å². The second kappa shape index (κ2) is 10.4. The first-order valence-corrected chi connectivity index (χ1v) is 10.0. The van der Waals surface area contributed by atoms with Crippen molar-refractivity contribution in [1.82, 2.24) is 15.5 Å². The van der Waals surface area contributed by atoms with Gasteiger partial charge in [-0.05, 0) is 43.2 Å². The van der Waals surface area contributed by atoms with Gasteiger partial charge in [0, 0.05) is 30.6 Å². The van der Waals surface area contributed by atoms with Gasteiger partial charge in [-0.15, -0.1) is 35.3 Å². The van der Waals surface area contributed by atoms with Crippen LogP contribution in [0.1, 0.15) is 49.5 Å². The zero-order valence-electron chi connectivity index (χ0n) is 14.9. The Kier molecular flexibility index (Phi) is 8.48. The summed E-state index contributed by atoms with van der Waals surface area (Å²) < 4.78 is 0. The lowest BCUT2D eigenvalue weighted by atomic mass is 9.96. The summed E-state index contributed by atoms with van der Waals surface area (Å²) in [6, 6.07) is 2.63. The van der Waals surface area contributed by atoms with E-state index in [1.165, 1.54) is 42.5 Å². The van der Waals surface area contributed by atoms with Crippen LogP contribution >= 0.6 is 35.3 Å². The summed E-state index contributed by atoms with van der Waals surface area (Å²) in [6.45, 7) is 4.65. The molecule has 1 fully saturated rings. The van der Waals surface area contributed by atoms with E-state index in [9.17, 15) is 4.79 Å². The van der Waals surface area contributed by atoms with Crippen LogP contribution in [0.4, 0.5) is 0 Å². The molecule has 5 nitrogen and oxygen atoms in total. The van der Waals surface area contributed by atoms with Gasteiger partial charge in [-0.1, -0.05) is 19.3 Å². The predicted octanol–water partition coefficient (Wildman–Crippen LogP) is 3.14. The zero-order chi connectivity index (χ0) is 16.8. The molecule has 2 heterocycles. The molecule has 25 heavy (non-hydrogen) atoms. The third-order valence-electron chi connectivity index (χ3n) is 4.82. The van der Waals surface area contributed by atoms with Gasteiger partial charge in [-0.2, -0.15) is 0 Å². The summed E-state index contributed by atoms with van der Waals surface area (Å²) in [7, 11) is 0. The molecule has 1 amide bonds. The Morgan fingerprint density at radius 2 is 2.16 bits per heavy atom. The summed E-state index contributed by atoms with van der Waals surface area (Å²) in [5.41, 5.74) is 1.30. The third-order valence-corrected chi connectivity index (χ3v) is 5.85. The van der Waals surface area contributed by atoms with Crippen LogP contribution in [0.15, 0.2) is 16.4 Å². The van der Waals surface area contributed by atoms with Crippen LogP contribution in [-0.2, 0) is 17.8 Å². The Morgan fingerprint density at radius 3 is 2.92 bits per heavy atom. The molecule has 0 unspecified atom stereocenters. The number of carbonyl (C=O) groups is 1. The van der Waals surface area contributed by atoms with E-state index >= 15 is 0 Å². The van der Waals surface area contributed by atoms with Gasteiger partial charge in [0.05, 0.1) is 0 Å². The molecule has 0 bridgehead atoms. The first-order valence-electron chi connectivity index (χ1n) is 9.14. The zero-order valence-corrected chi connectivity index (χ0v) is 18.1. The van der Waals surface area contributed by atoms with E-state index in [4.69, 9.17) is 0 Å². The molecule has 0 aromatic carbocycles. The van der Waals surface area contributed by atoms with E-state index < -0.39 is 0 Å². The molecule has 140 valence electrons. The lowest BCUT2D eigenvalue weighted by Crippen LogP contribution is -2.45. The van der Waals surface area contributed by atoms with Crippen molar-refractivity contribution in [2.75, 3.05) is 19.6 Å². The van der Waals surface area contributed by atoms with Crippen LogP contribution in [0.3, 0.4) is 0 Å². The highest BCUT2D eigenvalue weighted by Gasteiger charge is 2.21. The fourth-order valence-corrected chi connectivity index (χ4v) is 4.36. The molecule has 0 radical (unpaired) electrons. The van der Waals surface area contributed by atoms with Crippen LogP contribution in [0, 0.1) is 0 Å². The highest BCUT2D eigenvalue weighted by molar-refractivity contribution is 14.0. The largest absolute Gasteiger partial charge is 0.357 e. The number of halogens is 1. The smallest absolute Gasteiger partial charge is 0.244 e. The molecule has 1 saturated carbocycles. The second-order valence-electron chi connectivity index (χ2n) is 6.61. The minimum atomic E-state index is 0. The number of hydrogen-bond acceptors (Lipinski definition) is 3. The van der Waals surface area contributed by atoms with Crippen molar-refractivity contribution in [3.63, 3.8) is 0 Å². The molecule has 1 aromatic heterocycles. The highest BCUT2D eigenvalue weighted by Crippen LogP contribution is 2.24. The van der Waals surface area contributed by atoms with E-state index in [0.29, 0.717) is 6.04 Å². The number of fused-ring (bicyclic) bond motifs is 1. The summed E-state index contributed by atoms with van der Waals surface area (Å²) in [4.78, 5) is 20.4. The molecule has 2 aliphatic rings. The molecule has 0 saturated heterocycles. The van der Waals surface area contributed by atoms with Gasteiger partial charge in [0.1, 0.15) is 6.54 Å². The van der Waals surface area contributed by atoms with Gasteiger partial charge in [-0.25, -0.2) is 4.99 Å². The van der Waals surface area contributed by atoms with Gasteiger partial charge < -0.3 is 15.5 Å². The van der Waals surface area contributed by atoms with Crippen LogP contribution < -0.4 is 10.6 Å². The maximum Gasteiger partial charge on any atom is 0.244 e. The van der Waals surface area contributed by atoms with Crippen LogP contribution in [0.2, 0.25) is 0 Å². The molecule has 1 aromatic rings. The number of rotatable bonds is 4. The van der Waals surface area contributed by atoms with Crippen LogP contribution in [0.25, 0.3) is 0 Å². The number of thiophene rings is 1. The topological polar surface area (TPSA) is 56.7 Å². The van der Waals surface area contributed by atoms with E-state index in [1.807, 2.05) is 4.90 Å². The van der Waals surface area contributed by atoms with E-state index in [2.05, 4.69) is 34.0 Å². The van der Waals surface area contributed by atoms with Gasteiger partial charge in [0.2, 0.25) is 5.91 Å². The number of guanidine groups is 1. The van der Waals surface area contributed by atoms with E-state index in [0.717, 1.165) is 32.0 Å². The van der Waals surface area contributed by atoms with Gasteiger partial charge in [0.25, 0.3) is 0 Å². The predicted molar refractivity (Wildman–Crippen MR) is 115 cm³/mol. The number of aliphatic imine (C=N–C) groups is 1. The first-order chi connectivity index (χ1) is 11.8. The van der Waals surface area contributed by atoms with Gasteiger partial charge >= 0.3 is 0 Å². The fourth-order valence-electron chi connectivity index (χ4n) is 3.47. The van der Waals surface area contributed by atoms with Gasteiger partial charge in [0.15, 0.2) is 5.96 Å². The Bertz CT molecular complexity index is 583. The standard InChI is InChI=1S/C18H28N4OS.HI/c1-2-19-18(21-15-6-4-3-5-7-15)20-12-17(23)22-10-8-16-14(13-22)9-11-24-16;/h9,11,15H,2-8,10,12-13H2,1H3,(H2,19,20,21);1H. The number of nitrogens with zero attached hydrogens (tertiary/aromatic N) is 2. The summed E-state index contributed by atoms with van der Waals surface area (Å²) in [5, 5.41) is 8.89. The van der Waals surface area contributed by atoms with Crippen molar-refractivity contribution >= 4 is 47.2 Å². The van der Waals surface area contributed by atoms with Crippen molar-refractivity contribution in [3.05, 3.63) is 21.9 Å². The average molecular weight is 476 g/mol. The molecule has 2 N–H and O–H groups in total. The summed E-state index contributed by atoms with van der Waals surface area (Å²) in [6.07, 6.45) is 7.28. The van der Waals surface area contributed by atoms with Crippen LogP contribution in [-0.4, -0.2) is 42.4 Å². The van der Waals surface area contributed by atoms with Gasteiger partial charge in [-0.3, -0.25) is 4.79 Å². The molecule has 1 aliphatic carbocycles. The maximum absolute atomic E-state index is 12.5. The second-order valence-corrected chi connectivity index (χ2v) is 7.61. The van der Waals surface area contributed by atoms with Crippen molar-refractivity contribution in [3.8, 4) is 0 Å². The Hall–Kier alpha value is -0.830. The maximum atomic E-state index is 12.5. The molecular formula is C18H29IN4OS. The monoisotopic (exact) mass is 476 g/mol. The summed E-state index contributed by atoms with van der Waals surface area (Å²) >= 11 is 1.80. The SMILES string of the molecule is CCNC(=NCC(=O)N1CCc2sccc2C1)NC1CCCCC1.I. The molecule has 7 heteroatoms. The molecular weight excluding hydrogens is 447 g/mol. The van der Waals surface area contributed by atoms with E-state index in [1.54, 1.807) is 11.3 Å². The first kappa shape index (κ1) is 20.5. The fraction of sp³-hybridized carbons (Fsp3) is 0.667. The normalized spacial score (nSPS) is 18.3. The van der Waals surface area contributed by atoms with Crippen molar-refractivity contribution in [2.45, 2.75) is 58.0 Å².